The van der Waals surface area contributed by atoms with Gasteiger partial charge in [-0.05, 0) is 13.8 Å². The van der Waals surface area contributed by atoms with Crippen LogP contribution in [0, 0.1) is 0 Å². The highest BCUT2D eigenvalue weighted by Gasteiger charge is 2.01. The number of nitrogens with one attached hydrogen (secondary N) is 1. The van der Waals surface area contributed by atoms with Gasteiger partial charge in [0.1, 0.15) is 0 Å². The molecule has 0 aliphatic heterocycles. The zero-order chi connectivity index (χ0) is 7.28. The summed E-state index contributed by atoms with van der Waals surface area (Å²) in [6.45, 7) is 4.39. The molecule has 9 heavy (non-hydrogen) atoms. The Morgan fingerprint density at radius 1 is 1.78 bits per heavy atom. The summed E-state index contributed by atoms with van der Waals surface area (Å²) in [4.78, 5) is 10.7. The molecular formula is C6H14N2O. The van der Waals surface area contributed by atoms with Gasteiger partial charge < -0.3 is 11.1 Å². The molecule has 0 aromatic carbocycles. The zero-order valence-electron chi connectivity index (χ0n) is 5.98. The lowest BCUT2D eigenvalue weighted by Crippen LogP contribution is -2.29. The Hall–Kier alpha value is -0.570. The zero-order valence-corrected chi connectivity index (χ0v) is 5.98. The average molecular weight is 130 g/mol. The van der Waals surface area contributed by atoms with Gasteiger partial charge in [-0.1, -0.05) is 0 Å². The molecule has 3 heteroatoms. The fourth-order valence-corrected chi connectivity index (χ4v) is 0.562. The maximum atomic E-state index is 10.7. The predicted molar refractivity (Wildman–Crippen MR) is 37.0 cm³/mol. The highest BCUT2D eigenvalue weighted by molar-refractivity contribution is 5.76. The van der Waals surface area contributed by atoms with Crippen LogP contribution in [-0.2, 0) is 4.79 Å². The third kappa shape index (κ3) is 5.30. The van der Waals surface area contributed by atoms with Crippen LogP contribution >= 0.6 is 0 Å². The lowest BCUT2D eigenvalue weighted by Gasteiger charge is -2.03. The summed E-state index contributed by atoms with van der Waals surface area (Å²) in [5.74, 6) is 0.0347. The van der Waals surface area contributed by atoms with E-state index in [1.807, 2.05) is 13.8 Å². The number of carbonyl (C=O) groups is 1. The van der Waals surface area contributed by atoms with E-state index in [1.165, 1.54) is 0 Å². The minimum atomic E-state index is -0.0310. The number of amides is 1. The summed E-state index contributed by atoms with van der Waals surface area (Å²) in [6.07, 6.45) is 0.424. The maximum absolute atomic E-state index is 10.7. The van der Waals surface area contributed by atoms with E-state index in [2.05, 4.69) is 5.32 Å². The molecule has 1 unspecified atom stereocenters. The van der Waals surface area contributed by atoms with Crippen molar-refractivity contribution >= 4 is 5.91 Å². The van der Waals surface area contributed by atoms with Gasteiger partial charge in [-0.25, -0.2) is 0 Å². The second-order valence-corrected chi connectivity index (χ2v) is 2.13. The Morgan fingerprint density at radius 2 is 2.33 bits per heavy atom. The summed E-state index contributed by atoms with van der Waals surface area (Å²) in [5.41, 5.74) is 5.36. The van der Waals surface area contributed by atoms with E-state index in [1.54, 1.807) is 0 Å². The first kappa shape index (κ1) is 8.43. The Bertz CT molecular complexity index is 91.1. The topological polar surface area (TPSA) is 55.1 Å². The largest absolute Gasteiger partial charge is 0.356 e. The number of hydrogen-bond donors (Lipinski definition) is 2. The number of rotatable bonds is 3. The predicted octanol–water partition coefficient (Wildman–Crippen LogP) is -0.140. The van der Waals surface area contributed by atoms with E-state index < -0.39 is 0 Å². The van der Waals surface area contributed by atoms with Gasteiger partial charge in [-0.2, -0.15) is 0 Å². The molecule has 1 amide bonds. The van der Waals surface area contributed by atoms with Gasteiger partial charge >= 0.3 is 0 Å². The van der Waals surface area contributed by atoms with Gasteiger partial charge in [0.2, 0.25) is 5.91 Å². The molecule has 0 spiro atoms. The Morgan fingerprint density at radius 3 is 2.67 bits per heavy atom. The van der Waals surface area contributed by atoms with E-state index in [4.69, 9.17) is 5.73 Å². The van der Waals surface area contributed by atoms with Crippen LogP contribution in [0.15, 0.2) is 0 Å². The molecule has 0 saturated carbocycles. The van der Waals surface area contributed by atoms with Crippen molar-refractivity contribution in [2.75, 3.05) is 6.54 Å². The normalized spacial score (nSPS) is 12.8. The molecule has 0 heterocycles. The highest BCUT2D eigenvalue weighted by atomic mass is 16.1. The average Bonchev–Trinajstić information content (AvgIpc) is 1.63. The first-order valence-corrected chi connectivity index (χ1v) is 3.19. The van der Waals surface area contributed by atoms with Crippen LogP contribution in [-0.4, -0.2) is 18.5 Å². The van der Waals surface area contributed by atoms with Crippen LogP contribution < -0.4 is 11.1 Å². The molecule has 0 bridgehead atoms. The summed E-state index contributed by atoms with van der Waals surface area (Å²) >= 11 is 0. The van der Waals surface area contributed by atoms with Crippen molar-refractivity contribution in [3.05, 3.63) is 0 Å². The third-order valence-corrected chi connectivity index (χ3v) is 0.881. The first-order valence-electron chi connectivity index (χ1n) is 3.19. The van der Waals surface area contributed by atoms with Crippen molar-refractivity contribution < 1.29 is 4.79 Å². The molecule has 0 rings (SSSR count). The molecule has 3 N–H and O–H groups in total. The van der Waals surface area contributed by atoms with Gasteiger partial charge in [0.25, 0.3) is 0 Å². The SMILES string of the molecule is CCNC(=O)CC(C)N. The lowest BCUT2D eigenvalue weighted by molar-refractivity contribution is -0.121. The molecule has 0 aromatic rings. The Labute approximate surface area is 55.6 Å². The van der Waals surface area contributed by atoms with Gasteiger partial charge in [0.05, 0.1) is 0 Å². The fourth-order valence-electron chi connectivity index (χ4n) is 0.562. The monoisotopic (exact) mass is 130 g/mol. The van der Waals surface area contributed by atoms with Gasteiger partial charge in [-0.15, -0.1) is 0 Å². The van der Waals surface area contributed by atoms with Crippen molar-refractivity contribution in [1.82, 2.24) is 5.32 Å². The number of nitrogens with two attached hydrogens (primary N) is 1. The van der Waals surface area contributed by atoms with Gasteiger partial charge in [-0.3, -0.25) is 4.79 Å². The minimum Gasteiger partial charge on any atom is -0.356 e. The molecule has 54 valence electrons. The van der Waals surface area contributed by atoms with Crippen molar-refractivity contribution in [3.63, 3.8) is 0 Å². The molecule has 0 aromatic heterocycles. The Balaban J connectivity index is 3.27. The van der Waals surface area contributed by atoms with Crippen molar-refractivity contribution in [2.45, 2.75) is 26.3 Å². The molecule has 1 atom stereocenters. The van der Waals surface area contributed by atoms with E-state index in [0.29, 0.717) is 13.0 Å². The maximum Gasteiger partial charge on any atom is 0.221 e. The van der Waals surface area contributed by atoms with Crippen LogP contribution in [0.1, 0.15) is 20.3 Å². The molecule has 0 saturated heterocycles. The summed E-state index contributed by atoms with van der Waals surface area (Å²) in [7, 11) is 0. The Kier molecular flexibility index (Phi) is 4.05. The van der Waals surface area contributed by atoms with Crippen LogP contribution in [0.5, 0.6) is 0 Å². The quantitative estimate of drug-likeness (QED) is 0.558. The second-order valence-electron chi connectivity index (χ2n) is 2.13. The van der Waals surface area contributed by atoms with E-state index in [0.717, 1.165) is 0 Å². The summed E-state index contributed by atoms with van der Waals surface area (Å²) in [5, 5.41) is 2.66. The van der Waals surface area contributed by atoms with Gasteiger partial charge in [0, 0.05) is 19.0 Å². The standard InChI is InChI=1S/C6H14N2O/c1-3-8-6(9)4-5(2)7/h5H,3-4,7H2,1-2H3,(H,8,9). The van der Waals surface area contributed by atoms with E-state index in [9.17, 15) is 4.79 Å². The molecule has 0 aliphatic rings. The lowest BCUT2D eigenvalue weighted by atomic mass is 10.2. The molecule has 3 nitrogen and oxygen atoms in total. The van der Waals surface area contributed by atoms with Crippen LogP contribution in [0.3, 0.4) is 0 Å². The van der Waals surface area contributed by atoms with Crippen molar-refractivity contribution in [2.24, 2.45) is 5.73 Å². The first-order chi connectivity index (χ1) is 4.16. The van der Waals surface area contributed by atoms with E-state index in [-0.39, 0.29) is 11.9 Å². The smallest absolute Gasteiger partial charge is 0.221 e. The summed E-state index contributed by atoms with van der Waals surface area (Å²) in [6, 6.07) is -0.0310. The van der Waals surface area contributed by atoms with Crippen molar-refractivity contribution in [1.29, 1.82) is 0 Å². The number of carbonyl (C=O) groups excluding carboxylic acids is 1. The molecule has 0 radical (unpaired) electrons. The van der Waals surface area contributed by atoms with Crippen molar-refractivity contribution in [3.8, 4) is 0 Å². The minimum absolute atomic E-state index is 0.0310. The number of hydrogen-bond acceptors (Lipinski definition) is 2. The summed E-state index contributed by atoms with van der Waals surface area (Å²) < 4.78 is 0. The van der Waals surface area contributed by atoms with Crippen LogP contribution in [0.2, 0.25) is 0 Å². The van der Waals surface area contributed by atoms with Crippen LogP contribution in [0.25, 0.3) is 0 Å². The highest BCUT2D eigenvalue weighted by Crippen LogP contribution is 1.83. The molecule has 0 aliphatic carbocycles. The van der Waals surface area contributed by atoms with Crippen LogP contribution in [0.4, 0.5) is 0 Å². The molecular weight excluding hydrogens is 116 g/mol. The third-order valence-electron chi connectivity index (χ3n) is 0.881. The van der Waals surface area contributed by atoms with E-state index >= 15 is 0 Å². The second kappa shape index (κ2) is 4.32. The molecule has 0 fully saturated rings. The van der Waals surface area contributed by atoms with Gasteiger partial charge in [0.15, 0.2) is 0 Å². The fraction of sp³-hybridized carbons (Fsp3) is 0.833.